The molecule has 132 valence electrons. The molecule has 6 nitrogen and oxygen atoms in total. The van der Waals surface area contributed by atoms with E-state index in [1.807, 2.05) is 0 Å². The van der Waals surface area contributed by atoms with Gasteiger partial charge < -0.3 is 15.4 Å². The van der Waals surface area contributed by atoms with Crippen LogP contribution in [0.3, 0.4) is 0 Å². The quantitative estimate of drug-likeness (QED) is 0.701. The van der Waals surface area contributed by atoms with Crippen molar-refractivity contribution in [3.05, 3.63) is 52.3 Å². The van der Waals surface area contributed by atoms with Crippen molar-refractivity contribution in [2.75, 3.05) is 5.32 Å². The van der Waals surface area contributed by atoms with Gasteiger partial charge in [-0.2, -0.15) is 0 Å². The molecule has 0 bridgehead atoms. The van der Waals surface area contributed by atoms with Crippen molar-refractivity contribution in [3.8, 4) is 0 Å². The standard InChI is InChI=1S/C19H22N2O4/c1-10(19(24)25)9-14-5-7-15(8-6-14)21-18(23)17-11(2)16(13(4)22)12(3)20-17/h5-8,10,20H,9H2,1-4H3,(H,21,23)(H,24,25). The number of anilines is 1. The number of aromatic amines is 1. The second-order valence-electron chi connectivity index (χ2n) is 6.28. The van der Waals surface area contributed by atoms with E-state index in [4.69, 9.17) is 5.11 Å². The molecule has 3 N–H and O–H groups in total. The molecule has 1 amide bonds. The van der Waals surface area contributed by atoms with Crippen LogP contribution in [0.2, 0.25) is 0 Å². The van der Waals surface area contributed by atoms with Crippen molar-refractivity contribution in [1.82, 2.24) is 4.98 Å². The number of carboxylic acids is 1. The summed E-state index contributed by atoms with van der Waals surface area (Å²) in [5.41, 5.74) is 3.71. The predicted molar refractivity (Wildman–Crippen MR) is 95.2 cm³/mol. The zero-order chi connectivity index (χ0) is 18.7. The van der Waals surface area contributed by atoms with Crippen LogP contribution in [0.15, 0.2) is 24.3 Å². The highest BCUT2D eigenvalue weighted by Gasteiger charge is 2.20. The molecule has 2 rings (SSSR count). The molecule has 1 atom stereocenters. The Morgan fingerprint density at radius 2 is 1.76 bits per heavy atom. The van der Waals surface area contributed by atoms with Crippen LogP contribution >= 0.6 is 0 Å². The van der Waals surface area contributed by atoms with E-state index in [1.165, 1.54) is 6.92 Å². The smallest absolute Gasteiger partial charge is 0.306 e. The Hall–Kier alpha value is -2.89. The van der Waals surface area contributed by atoms with Gasteiger partial charge in [0, 0.05) is 16.9 Å². The van der Waals surface area contributed by atoms with Crippen molar-refractivity contribution in [2.24, 2.45) is 5.92 Å². The highest BCUT2D eigenvalue weighted by Crippen LogP contribution is 2.20. The Morgan fingerprint density at radius 1 is 1.16 bits per heavy atom. The normalized spacial score (nSPS) is 11.8. The Morgan fingerprint density at radius 3 is 2.24 bits per heavy atom. The summed E-state index contributed by atoms with van der Waals surface area (Å²) in [6.07, 6.45) is 0.431. The lowest BCUT2D eigenvalue weighted by Gasteiger charge is -2.08. The minimum atomic E-state index is -0.837. The number of carboxylic acid groups (broad SMARTS) is 1. The van der Waals surface area contributed by atoms with Gasteiger partial charge in [-0.05, 0) is 50.5 Å². The van der Waals surface area contributed by atoms with Crippen LogP contribution in [0, 0.1) is 19.8 Å². The molecule has 25 heavy (non-hydrogen) atoms. The van der Waals surface area contributed by atoms with E-state index in [-0.39, 0.29) is 11.7 Å². The average Bonchev–Trinajstić information content (AvgIpc) is 2.84. The van der Waals surface area contributed by atoms with Crippen LogP contribution in [0.4, 0.5) is 5.69 Å². The molecule has 0 aliphatic carbocycles. The number of H-pyrrole nitrogens is 1. The molecule has 1 heterocycles. The average molecular weight is 342 g/mol. The molecule has 0 saturated heterocycles. The number of carbonyl (C=O) groups is 3. The van der Waals surface area contributed by atoms with Gasteiger partial charge in [0.2, 0.25) is 0 Å². The molecule has 2 aromatic rings. The molecule has 0 aliphatic heterocycles. The molecule has 0 aliphatic rings. The number of aryl methyl sites for hydroxylation is 1. The highest BCUT2D eigenvalue weighted by atomic mass is 16.4. The Labute approximate surface area is 146 Å². The third-order valence-electron chi connectivity index (χ3n) is 4.19. The van der Waals surface area contributed by atoms with Crippen LogP contribution in [-0.2, 0) is 11.2 Å². The van der Waals surface area contributed by atoms with Gasteiger partial charge in [-0.15, -0.1) is 0 Å². The number of hydrogen-bond donors (Lipinski definition) is 3. The largest absolute Gasteiger partial charge is 0.481 e. The number of amides is 1. The second-order valence-corrected chi connectivity index (χ2v) is 6.28. The minimum absolute atomic E-state index is 0.0813. The lowest BCUT2D eigenvalue weighted by atomic mass is 10.0. The number of nitrogens with one attached hydrogen (secondary N) is 2. The van der Waals surface area contributed by atoms with E-state index >= 15 is 0 Å². The van der Waals surface area contributed by atoms with Crippen molar-refractivity contribution < 1.29 is 19.5 Å². The molecule has 1 aromatic carbocycles. The first kappa shape index (κ1) is 18.4. The Kier molecular flexibility index (Phi) is 5.41. The number of aromatic nitrogens is 1. The van der Waals surface area contributed by atoms with Gasteiger partial charge in [0.1, 0.15) is 5.69 Å². The maximum absolute atomic E-state index is 12.4. The van der Waals surface area contributed by atoms with Gasteiger partial charge >= 0.3 is 5.97 Å². The molecule has 1 aromatic heterocycles. The molecule has 6 heteroatoms. The van der Waals surface area contributed by atoms with Crippen molar-refractivity contribution in [1.29, 1.82) is 0 Å². The fraction of sp³-hybridized carbons (Fsp3) is 0.316. The molecule has 0 radical (unpaired) electrons. The zero-order valence-corrected chi connectivity index (χ0v) is 14.8. The molecule has 1 unspecified atom stereocenters. The van der Waals surface area contributed by atoms with Gasteiger partial charge in [0.15, 0.2) is 5.78 Å². The molecular formula is C19H22N2O4. The molecule has 0 spiro atoms. The molecule has 0 saturated carbocycles. The topological polar surface area (TPSA) is 99.3 Å². The monoisotopic (exact) mass is 342 g/mol. The zero-order valence-electron chi connectivity index (χ0n) is 14.8. The summed E-state index contributed by atoms with van der Waals surface area (Å²) < 4.78 is 0. The number of rotatable bonds is 6. The van der Waals surface area contributed by atoms with E-state index in [2.05, 4.69) is 10.3 Å². The van der Waals surface area contributed by atoms with E-state index in [0.717, 1.165) is 5.56 Å². The van der Waals surface area contributed by atoms with Crippen molar-refractivity contribution in [3.63, 3.8) is 0 Å². The second kappa shape index (κ2) is 7.34. The van der Waals surface area contributed by atoms with E-state index in [9.17, 15) is 14.4 Å². The van der Waals surface area contributed by atoms with Gasteiger partial charge in [-0.3, -0.25) is 14.4 Å². The summed E-state index contributed by atoms with van der Waals surface area (Å²) in [4.78, 5) is 38.0. The number of Topliss-reactive ketones (excluding diaryl/α,β-unsaturated/α-hetero) is 1. The van der Waals surface area contributed by atoms with Crippen molar-refractivity contribution in [2.45, 2.75) is 34.1 Å². The summed E-state index contributed by atoms with van der Waals surface area (Å²) >= 11 is 0. The fourth-order valence-corrected chi connectivity index (χ4v) is 2.86. The van der Waals surface area contributed by atoms with Crippen LogP contribution in [0.25, 0.3) is 0 Å². The van der Waals surface area contributed by atoms with E-state index in [0.29, 0.717) is 34.6 Å². The van der Waals surface area contributed by atoms with E-state index in [1.54, 1.807) is 45.0 Å². The van der Waals surface area contributed by atoms with Gasteiger partial charge in [0.25, 0.3) is 5.91 Å². The molecule has 0 fully saturated rings. The maximum atomic E-state index is 12.4. The fourth-order valence-electron chi connectivity index (χ4n) is 2.86. The highest BCUT2D eigenvalue weighted by molar-refractivity contribution is 6.07. The first-order valence-electron chi connectivity index (χ1n) is 8.04. The third-order valence-corrected chi connectivity index (χ3v) is 4.19. The first-order valence-corrected chi connectivity index (χ1v) is 8.04. The van der Waals surface area contributed by atoms with Gasteiger partial charge in [0.05, 0.1) is 5.92 Å². The number of aliphatic carboxylic acids is 1. The van der Waals surface area contributed by atoms with Crippen molar-refractivity contribution >= 4 is 23.3 Å². The maximum Gasteiger partial charge on any atom is 0.306 e. The number of benzene rings is 1. The number of ketones is 1. The summed E-state index contributed by atoms with van der Waals surface area (Å²) in [5.74, 6) is -1.70. The Balaban J connectivity index is 2.12. The van der Waals surface area contributed by atoms with Crippen LogP contribution in [0.5, 0.6) is 0 Å². The third kappa shape index (κ3) is 4.15. The number of carbonyl (C=O) groups excluding carboxylic acids is 2. The minimum Gasteiger partial charge on any atom is -0.481 e. The summed E-state index contributed by atoms with van der Waals surface area (Å²) in [7, 11) is 0. The molecular weight excluding hydrogens is 320 g/mol. The van der Waals surface area contributed by atoms with Gasteiger partial charge in [-0.25, -0.2) is 0 Å². The summed E-state index contributed by atoms with van der Waals surface area (Å²) in [6, 6.07) is 7.06. The van der Waals surface area contributed by atoms with Gasteiger partial charge in [-0.1, -0.05) is 19.1 Å². The lowest BCUT2D eigenvalue weighted by Crippen LogP contribution is -2.14. The summed E-state index contributed by atoms with van der Waals surface area (Å²) in [5, 5.41) is 11.7. The predicted octanol–water partition coefficient (Wildman–Crippen LogP) is 3.35. The van der Waals surface area contributed by atoms with Crippen LogP contribution in [-0.4, -0.2) is 27.8 Å². The van der Waals surface area contributed by atoms with Crippen LogP contribution in [0.1, 0.15) is 51.5 Å². The lowest BCUT2D eigenvalue weighted by molar-refractivity contribution is -0.141. The summed E-state index contributed by atoms with van der Waals surface area (Å²) in [6.45, 7) is 6.63. The SMILES string of the molecule is CC(=O)c1c(C)[nH]c(C(=O)Nc2ccc(CC(C)C(=O)O)cc2)c1C. The first-order chi connectivity index (χ1) is 11.7. The number of hydrogen-bond acceptors (Lipinski definition) is 3. The Bertz CT molecular complexity index is 819. The van der Waals surface area contributed by atoms with E-state index < -0.39 is 11.9 Å². The van der Waals surface area contributed by atoms with Crippen LogP contribution < -0.4 is 5.32 Å².